The van der Waals surface area contributed by atoms with Crippen LogP contribution < -0.4 is 10.1 Å². The third-order valence-electron chi connectivity index (χ3n) is 4.23. The van der Waals surface area contributed by atoms with Crippen molar-refractivity contribution in [1.82, 2.24) is 5.32 Å². The van der Waals surface area contributed by atoms with Gasteiger partial charge in [0.2, 0.25) is 5.91 Å². The summed E-state index contributed by atoms with van der Waals surface area (Å²) in [6, 6.07) is 11.1. The smallest absolute Gasteiger partial charge is 0.224 e. The number of carbonyl (C=O) groups excluding carboxylic acids is 1. The third-order valence-corrected chi connectivity index (χ3v) is 4.23. The molecule has 0 aromatic heterocycles. The first-order valence-corrected chi connectivity index (χ1v) is 8.42. The van der Waals surface area contributed by atoms with Crippen LogP contribution in [0.3, 0.4) is 0 Å². The van der Waals surface area contributed by atoms with Crippen molar-refractivity contribution in [2.24, 2.45) is 5.92 Å². The zero-order chi connectivity index (χ0) is 18.0. The molecule has 0 aliphatic heterocycles. The number of ether oxygens (including phenoxy) is 1. The van der Waals surface area contributed by atoms with E-state index in [0.717, 1.165) is 17.4 Å². The molecule has 2 atom stereocenters. The van der Waals surface area contributed by atoms with Crippen molar-refractivity contribution in [2.45, 2.75) is 38.8 Å². The van der Waals surface area contributed by atoms with Crippen LogP contribution in [0.5, 0.6) is 5.75 Å². The van der Waals surface area contributed by atoms with Crippen molar-refractivity contribution < 1.29 is 18.3 Å². The van der Waals surface area contributed by atoms with Crippen LogP contribution in [0, 0.1) is 17.6 Å². The molecule has 0 heterocycles. The summed E-state index contributed by atoms with van der Waals surface area (Å²) < 4.78 is 32.4. The van der Waals surface area contributed by atoms with Crippen LogP contribution in [0.4, 0.5) is 8.78 Å². The minimum absolute atomic E-state index is 0.0858. The van der Waals surface area contributed by atoms with Gasteiger partial charge < -0.3 is 10.1 Å². The third kappa shape index (κ3) is 4.35. The second-order valence-corrected chi connectivity index (χ2v) is 6.65. The van der Waals surface area contributed by atoms with Gasteiger partial charge in [0.05, 0.1) is 6.10 Å². The average Bonchev–Trinajstić information content (AvgIpc) is 3.33. The van der Waals surface area contributed by atoms with E-state index in [9.17, 15) is 13.6 Å². The molecule has 2 unspecified atom stereocenters. The standard InChI is InChI=1S/C20H21F2NO2/c1-12(2)25-15-5-3-4-13(8-15)11-23-20(24)18-10-17(18)16-7-6-14(21)9-19(16)22/h3-9,12,17-18H,10-11H2,1-2H3,(H,23,24). The van der Waals surface area contributed by atoms with Gasteiger partial charge in [-0.25, -0.2) is 8.78 Å². The van der Waals surface area contributed by atoms with Crippen molar-refractivity contribution in [3.8, 4) is 5.75 Å². The van der Waals surface area contributed by atoms with E-state index in [-0.39, 0.29) is 23.8 Å². The van der Waals surface area contributed by atoms with Crippen molar-refractivity contribution in [3.05, 3.63) is 65.2 Å². The van der Waals surface area contributed by atoms with E-state index in [1.165, 1.54) is 12.1 Å². The molecule has 5 heteroatoms. The molecule has 0 spiro atoms. The molecule has 1 aliphatic rings. The number of benzene rings is 2. The zero-order valence-corrected chi connectivity index (χ0v) is 14.3. The van der Waals surface area contributed by atoms with Crippen LogP contribution >= 0.6 is 0 Å². The maximum atomic E-state index is 13.8. The quantitative estimate of drug-likeness (QED) is 0.853. The average molecular weight is 345 g/mol. The molecule has 1 N–H and O–H groups in total. The number of amides is 1. The van der Waals surface area contributed by atoms with E-state index in [1.54, 1.807) is 0 Å². The first-order chi connectivity index (χ1) is 11.9. The lowest BCUT2D eigenvalue weighted by Gasteiger charge is -2.11. The SMILES string of the molecule is CC(C)Oc1cccc(CNC(=O)C2CC2c2ccc(F)cc2F)c1. The Labute approximate surface area is 146 Å². The monoisotopic (exact) mass is 345 g/mol. The predicted octanol–water partition coefficient (Wildman–Crippen LogP) is 4.17. The van der Waals surface area contributed by atoms with Crippen LogP contribution in [-0.4, -0.2) is 12.0 Å². The van der Waals surface area contributed by atoms with E-state index in [1.807, 2.05) is 38.1 Å². The predicted molar refractivity (Wildman–Crippen MR) is 91.3 cm³/mol. The fourth-order valence-corrected chi connectivity index (χ4v) is 2.95. The second-order valence-electron chi connectivity index (χ2n) is 6.65. The number of nitrogens with one attached hydrogen (secondary N) is 1. The van der Waals surface area contributed by atoms with Crippen molar-refractivity contribution >= 4 is 5.91 Å². The lowest BCUT2D eigenvalue weighted by Crippen LogP contribution is -2.25. The molecule has 1 fully saturated rings. The highest BCUT2D eigenvalue weighted by Gasteiger charge is 2.45. The molecule has 0 radical (unpaired) electrons. The first kappa shape index (κ1) is 17.4. The number of hydrogen-bond acceptors (Lipinski definition) is 2. The summed E-state index contributed by atoms with van der Waals surface area (Å²) in [4.78, 5) is 12.3. The van der Waals surface area contributed by atoms with Crippen LogP contribution in [0.1, 0.15) is 37.3 Å². The number of rotatable bonds is 6. The van der Waals surface area contributed by atoms with Gasteiger partial charge in [0.15, 0.2) is 0 Å². The highest BCUT2D eigenvalue weighted by molar-refractivity contribution is 5.82. The van der Waals surface area contributed by atoms with Gasteiger partial charge in [-0.15, -0.1) is 0 Å². The van der Waals surface area contributed by atoms with Crippen LogP contribution in [-0.2, 0) is 11.3 Å². The summed E-state index contributed by atoms with van der Waals surface area (Å²) in [5.74, 6) is -0.958. The van der Waals surface area contributed by atoms with E-state index < -0.39 is 11.6 Å². The Balaban J connectivity index is 1.56. The van der Waals surface area contributed by atoms with Gasteiger partial charge in [0.1, 0.15) is 17.4 Å². The number of carbonyl (C=O) groups is 1. The van der Waals surface area contributed by atoms with Crippen LogP contribution in [0.25, 0.3) is 0 Å². The topological polar surface area (TPSA) is 38.3 Å². The first-order valence-electron chi connectivity index (χ1n) is 8.42. The van der Waals surface area contributed by atoms with Crippen LogP contribution in [0.2, 0.25) is 0 Å². The minimum atomic E-state index is -0.605. The lowest BCUT2D eigenvalue weighted by atomic mass is 10.1. The Morgan fingerprint density at radius 2 is 2.04 bits per heavy atom. The van der Waals surface area contributed by atoms with Crippen molar-refractivity contribution in [2.75, 3.05) is 0 Å². The molecule has 1 aliphatic carbocycles. The Bertz CT molecular complexity index is 776. The molecule has 2 aromatic carbocycles. The van der Waals surface area contributed by atoms with E-state index in [4.69, 9.17) is 4.74 Å². The number of hydrogen-bond donors (Lipinski definition) is 1. The fourth-order valence-electron chi connectivity index (χ4n) is 2.95. The summed E-state index contributed by atoms with van der Waals surface area (Å²) in [5, 5.41) is 2.88. The summed E-state index contributed by atoms with van der Waals surface area (Å²) >= 11 is 0. The second kappa shape index (κ2) is 7.21. The van der Waals surface area contributed by atoms with Gasteiger partial charge in [0.25, 0.3) is 0 Å². The summed E-state index contributed by atoms with van der Waals surface area (Å²) in [6.07, 6.45) is 0.674. The van der Waals surface area contributed by atoms with Crippen molar-refractivity contribution in [1.29, 1.82) is 0 Å². The van der Waals surface area contributed by atoms with E-state index in [0.29, 0.717) is 18.5 Å². The highest BCUT2D eigenvalue weighted by Crippen LogP contribution is 2.48. The molecule has 0 saturated heterocycles. The van der Waals surface area contributed by atoms with Gasteiger partial charge in [-0.1, -0.05) is 18.2 Å². The van der Waals surface area contributed by atoms with Gasteiger partial charge in [-0.05, 0) is 55.5 Å². The largest absolute Gasteiger partial charge is 0.491 e. The Kier molecular flexibility index (Phi) is 5.02. The highest BCUT2D eigenvalue weighted by atomic mass is 19.1. The van der Waals surface area contributed by atoms with E-state index in [2.05, 4.69) is 5.32 Å². The molecule has 25 heavy (non-hydrogen) atoms. The molecular weight excluding hydrogens is 324 g/mol. The maximum absolute atomic E-state index is 13.8. The van der Waals surface area contributed by atoms with Crippen LogP contribution in [0.15, 0.2) is 42.5 Å². The molecule has 3 nitrogen and oxygen atoms in total. The molecule has 132 valence electrons. The summed E-state index contributed by atoms with van der Waals surface area (Å²) in [5.41, 5.74) is 1.35. The van der Waals surface area contributed by atoms with Gasteiger partial charge >= 0.3 is 0 Å². The molecule has 3 rings (SSSR count). The fraction of sp³-hybridized carbons (Fsp3) is 0.350. The Morgan fingerprint density at radius 1 is 1.24 bits per heavy atom. The Hall–Kier alpha value is -2.43. The number of halogens is 2. The van der Waals surface area contributed by atoms with Gasteiger partial charge in [-0.2, -0.15) is 0 Å². The van der Waals surface area contributed by atoms with Gasteiger partial charge in [-0.3, -0.25) is 4.79 Å². The molecule has 1 saturated carbocycles. The summed E-state index contributed by atoms with van der Waals surface area (Å²) in [7, 11) is 0. The summed E-state index contributed by atoms with van der Waals surface area (Å²) in [6.45, 7) is 4.30. The van der Waals surface area contributed by atoms with E-state index >= 15 is 0 Å². The lowest BCUT2D eigenvalue weighted by molar-refractivity contribution is -0.122. The van der Waals surface area contributed by atoms with Crippen molar-refractivity contribution in [3.63, 3.8) is 0 Å². The zero-order valence-electron chi connectivity index (χ0n) is 14.3. The molecule has 1 amide bonds. The molecular formula is C20H21F2NO2. The maximum Gasteiger partial charge on any atom is 0.224 e. The van der Waals surface area contributed by atoms with Gasteiger partial charge in [0, 0.05) is 18.5 Å². The molecule has 2 aromatic rings. The molecule has 0 bridgehead atoms. The Morgan fingerprint density at radius 3 is 2.76 bits per heavy atom. The minimum Gasteiger partial charge on any atom is -0.491 e. The normalized spacial score (nSPS) is 18.9.